The summed E-state index contributed by atoms with van der Waals surface area (Å²) in [5.74, 6) is 1.12. The Balaban J connectivity index is 1.62. The number of carbonyl (C=O) groups excluding carboxylic acids is 1. The van der Waals surface area contributed by atoms with Gasteiger partial charge in [0.15, 0.2) is 18.1 Å². The van der Waals surface area contributed by atoms with Crippen molar-refractivity contribution in [3.63, 3.8) is 0 Å². The topological polar surface area (TPSA) is 80.6 Å². The van der Waals surface area contributed by atoms with Crippen LogP contribution < -0.4 is 19.5 Å². The van der Waals surface area contributed by atoms with Crippen molar-refractivity contribution < 1.29 is 19.0 Å². The molecule has 6 nitrogen and oxygen atoms in total. The van der Waals surface area contributed by atoms with Gasteiger partial charge in [-0.05, 0) is 18.2 Å². The monoisotopic (exact) mass is 330 g/mol. The predicted octanol–water partition coefficient (Wildman–Crippen LogP) is 2.96. The van der Waals surface area contributed by atoms with E-state index >= 15 is 0 Å². The Morgan fingerprint density at radius 1 is 1.30 bits per heavy atom. The highest BCUT2D eigenvalue weighted by Crippen LogP contribution is 2.39. The van der Waals surface area contributed by atoms with Crippen LogP contribution in [0.4, 0.5) is 5.69 Å². The molecule has 2 aromatic carbocycles. The number of halogens is 1. The number of nitrogens with zero attached hydrogens (tertiary/aromatic N) is 1. The molecule has 7 heteroatoms. The minimum atomic E-state index is -0.381. The number of amides is 1. The zero-order valence-electron chi connectivity index (χ0n) is 11.8. The van der Waals surface area contributed by atoms with Gasteiger partial charge in [0.1, 0.15) is 5.75 Å². The minimum absolute atomic E-state index is 0.126. The molecule has 1 aliphatic rings. The summed E-state index contributed by atoms with van der Waals surface area (Å²) >= 11 is 6.08. The van der Waals surface area contributed by atoms with Crippen molar-refractivity contribution >= 4 is 23.2 Å². The molecule has 1 amide bonds. The standard InChI is InChI=1S/C16H11ClN2O4/c17-12-5-14-15(23-9-22-14)6-13(12)19-16(20)8-21-11-3-1-2-10(4-11)7-18/h1-6H,8-9H2,(H,19,20). The second-order valence-electron chi connectivity index (χ2n) is 4.66. The fourth-order valence-corrected chi connectivity index (χ4v) is 2.20. The first-order valence-electron chi connectivity index (χ1n) is 6.67. The quantitative estimate of drug-likeness (QED) is 0.932. The number of benzene rings is 2. The van der Waals surface area contributed by atoms with E-state index in [1.807, 2.05) is 6.07 Å². The first kappa shape index (κ1) is 15.0. The highest BCUT2D eigenvalue weighted by molar-refractivity contribution is 6.34. The average molecular weight is 331 g/mol. The van der Waals surface area contributed by atoms with Crippen molar-refractivity contribution in [3.05, 3.63) is 47.0 Å². The molecular weight excluding hydrogens is 320 g/mol. The minimum Gasteiger partial charge on any atom is -0.484 e. The van der Waals surface area contributed by atoms with Crippen molar-refractivity contribution in [1.29, 1.82) is 5.26 Å². The number of ether oxygens (including phenoxy) is 3. The number of hydrogen-bond donors (Lipinski definition) is 1. The van der Waals surface area contributed by atoms with Crippen LogP contribution in [0.2, 0.25) is 5.02 Å². The Bertz CT molecular complexity index is 801. The number of nitrogens with one attached hydrogen (secondary N) is 1. The lowest BCUT2D eigenvalue weighted by Crippen LogP contribution is -2.20. The van der Waals surface area contributed by atoms with Crippen LogP contribution in [0.1, 0.15) is 5.56 Å². The molecule has 0 fully saturated rings. The maximum Gasteiger partial charge on any atom is 0.262 e. The maximum atomic E-state index is 12.0. The Hall–Kier alpha value is -2.91. The zero-order chi connectivity index (χ0) is 16.2. The number of fused-ring (bicyclic) bond motifs is 1. The molecule has 3 rings (SSSR count). The van der Waals surface area contributed by atoms with Gasteiger partial charge in [0.05, 0.1) is 22.3 Å². The molecule has 0 atom stereocenters. The van der Waals surface area contributed by atoms with Crippen LogP contribution in [0, 0.1) is 11.3 Å². The summed E-state index contributed by atoms with van der Waals surface area (Å²) in [6.45, 7) is -0.0823. The van der Waals surface area contributed by atoms with Crippen molar-refractivity contribution in [3.8, 4) is 23.3 Å². The van der Waals surface area contributed by atoms with Gasteiger partial charge in [-0.25, -0.2) is 0 Å². The molecule has 0 aromatic heterocycles. The molecule has 1 N–H and O–H groups in total. The first-order chi connectivity index (χ1) is 11.2. The molecule has 1 aliphatic heterocycles. The Morgan fingerprint density at radius 3 is 2.87 bits per heavy atom. The summed E-state index contributed by atoms with van der Waals surface area (Å²) in [5, 5.41) is 11.8. The summed E-state index contributed by atoms with van der Waals surface area (Å²) in [6, 6.07) is 11.7. The third-order valence-electron chi connectivity index (χ3n) is 3.07. The molecule has 1 heterocycles. The lowest BCUT2D eigenvalue weighted by molar-refractivity contribution is -0.118. The summed E-state index contributed by atoms with van der Waals surface area (Å²) in [5.41, 5.74) is 0.872. The van der Waals surface area contributed by atoms with Crippen LogP contribution in [0.5, 0.6) is 17.2 Å². The molecule has 116 valence electrons. The van der Waals surface area contributed by atoms with E-state index in [4.69, 9.17) is 31.1 Å². The van der Waals surface area contributed by atoms with E-state index in [2.05, 4.69) is 5.32 Å². The fourth-order valence-electron chi connectivity index (χ4n) is 2.00. The zero-order valence-corrected chi connectivity index (χ0v) is 12.6. The molecule has 2 aromatic rings. The first-order valence-corrected chi connectivity index (χ1v) is 7.05. The van der Waals surface area contributed by atoms with Gasteiger partial charge in [0.25, 0.3) is 5.91 Å². The second kappa shape index (κ2) is 6.46. The van der Waals surface area contributed by atoms with Crippen LogP contribution in [0.3, 0.4) is 0 Å². The third-order valence-corrected chi connectivity index (χ3v) is 3.38. The average Bonchev–Trinajstić information content (AvgIpc) is 3.00. The second-order valence-corrected chi connectivity index (χ2v) is 5.07. The summed E-state index contributed by atoms with van der Waals surface area (Å²) in [7, 11) is 0. The molecule has 0 radical (unpaired) electrons. The molecule has 0 saturated carbocycles. The Kier molecular flexibility index (Phi) is 4.22. The van der Waals surface area contributed by atoms with Crippen molar-refractivity contribution in [2.45, 2.75) is 0 Å². The fraction of sp³-hybridized carbons (Fsp3) is 0.125. The number of nitriles is 1. The van der Waals surface area contributed by atoms with Gasteiger partial charge in [0, 0.05) is 12.1 Å². The summed E-state index contributed by atoms with van der Waals surface area (Å²) in [4.78, 5) is 12.0. The molecule has 0 saturated heterocycles. The van der Waals surface area contributed by atoms with Crippen molar-refractivity contribution in [2.24, 2.45) is 0 Å². The molecule has 0 unspecified atom stereocenters. The van der Waals surface area contributed by atoms with Gasteiger partial charge in [-0.2, -0.15) is 5.26 Å². The van der Waals surface area contributed by atoms with Crippen molar-refractivity contribution in [2.75, 3.05) is 18.7 Å². The molecule has 0 aliphatic carbocycles. The van der Waals surface area contributed by atoms with Crippen LogP contribution in [-0.2, 0) is 4.79 Å². The van der Waals surface area contributed by atoms with Crippen LogP contribution in [0.25, 0.3) is 0 Å². The lowest BCUT2D eigenvalue weighted by Gasteiger charge is -2.09. The summed E-state index contributed by atoms with van der Waals surface area (Å²) in [6.07, 6.45) is 0. The van der Waals surface area contributed by atoms with Crippen LogP contribution in [-0.4, -0.2) is 19.3 Å². The Morgan fingerprint density at radius 2 is 2.09 bits per heavy atom. The lowest BCUT2D eigenvalue weighted by atomic mass is 10.2. The summed E-state index contributed by atoms with van der Waals surface area (Å²) < 4.78 is 15.8. The third kappa shape index (κ3) is 3.47. The molecular formula is C16H11ClN2O4. The van der Waals surface area contributed by atoms with Gasteiger partial charge in [-0.3, -0.25) is 4.79 Å². The van der Waals surface area contributed by atoms with Gasteiger partial charge < -0.3 is 19.5 Å². The van der Waals surface area contributed by atoms with E-state index in [9.17, 15) is 4.79 Å². The number of hydrogen-bond acceptors (Lipinski definition) is 5. The highest BCUT2D eigenvalue weighted by atomic mass is 35.5. The molecule has 23 heavy (non-hydrogen) atoms. The largest absolute Gasteiger partial charge is 0.484 e. The highest BCUT2D eigenvalue weighted by Gasteiger charge is 2.17. The molecule has 0 bridgehead atoms. The van der Waals surface area contributed by atoms with Gasteiger partial charge in [-0.1, -0.05) is 17.7 Å². The van der Waals surface area contributed by atoms with E-state index < -0.39 is 0 Å². The normalized spacial score (nSPS) is 11.7. The number of rotatable bonds is 4. The smallest absolute Gasteiger partial charge is 0.262 e. The molecule has 0 spiro atoms. The van der Waals surface area contributed by atoms with Gasteiger partial charge >= 0.3 is 0 Å². The van der Waals surface area contributed by atoms with Crippen molar-refractivity contribution in [1.82, 2.24) is 0 Å². The van der Waals surface area contributed by atoms with E-state index in [1.165, 1.54) is 0 Å². The number of carbonyl (C=O) groups is 1. The predicted molar refractivity (Wildman–Crippen MR) is 82.9 cm³/mol. The SMILES string of the molecule is N#Cc1cccc(OCC(=O)Nc2cc3c(cc2Cl)OCO3)c1. The van der Waals surface area contributed by atoms with E-state index in [1.54, 1.807) is 36.4 Å². The van der Waals surface area contributed by atoms with E-state index in [0.717, 1.165) is 0 Å². The van der Waals surface area contributed by atoms with E-state index in [-0.39, 0.29) is 19.3 Å². The number of anilines is 1. The Labute approximate surface area is 137 Å². The van der Waals surface area contributed by atoms with Gasteiger partial charge in [-0.15, -0.1) is 0 Å². The van der Waals surface area contributed by atoms with E-state index in [0.29, 0.717) is 33.5 Å². The maximum absolute atomic E-state index is 12.0. The van der Waals surface area contributed by atoms with Crippen LogP contribution >= 0.6 is 11.6 Å². The van der Waals surface area contributed by atoms with Gasteiger partial charge in [0.2, 0.25) is 6.79 Å². The van der Waals surface area contributed by atoms with Crippen LogP contribution in [0.15, 0.2) is 36.4 Å².